The zero-order chi connectivity index (χ0) is 14.8. The Morgan fingerprint density at radius 1 is 1.24 bits per heavy atom. The van der Waals surface area contributed by atoms with Gasteiger partial charge >= 0.3 is 5.97 Å². The summed E-state index contributed by atoms with van der Waals surface area (Å²) in [4.78, 5) is 11.7. The molecular formula is C17H16O4. The molecule has 0 amide bonds. The molecule has 0 bridgehead atoms. The Morgan fingerprint density at radius 3 is 2.71 bits per heavy atom. The summed E-state index contributed by atoms with van der Waals surface area (Å²) in [6.45, 7) is 0. The second-order valence-corrected chi connectivity index (χ2v) is 5.02. The van der Waals surface area contributed by atoms with E-state index >= 15 is 0 Å². The molecule has 0 aromatic heterocycles. The number of ether oxygens (including phenoxy) is 2. The van der Waals surface area contributed by atoms with Gasteiger partial charge in [-0.3, -0.25) is 0 Å². The number of carbonyl (C=O) groups excluding carboxylic acids is 1. The molecule has 0 aliphatic carbocycles. The maximum Gasteiger partial charge on any atom is 0.337 e. The Bertz CT molecular complexity index is 651. The van der Waals surface area contributed by atoms with Gasteiger partial charge in [-0.15, -0.1) is 0 Å². The van der Waals surface area contributed by atoms with E-state index in [-0.39, 0.29) is 11.9 Å². The molecule has 1 aliphatic heterocycles. The number of rotatable bonds is 2. The number of hydrogen-bond donors (Lipinski definition) is 1. The minimum absolute atomic E-state index is 0.00504. The van der Waals surface area contributed by atoms with Crippen LogP contribution in [0.1, 0.15) is 33.8 Å². The van der Waals surface area contributed by atoms with Gasteiger partial charge < -0.3 is 14.6 Å². The van der Waals surface area contributed by atoms with Crippen molar-refractivity contribution in [3.05, 3.63) is 65.2 Å². The van der Waals surface area contributed by atoms with Crippen LogP contribution in [0.5, 0.6) is 5.75 Å². The Balaban J connectivity index is 2.07. The van der Waals surface area contributed by atoms with Crippen molar-refractivity contribution in [2.24, 2.45) is 0 Å². The highest BCUT2D eigenvalue weighted by Crippen LogP contribution is 2.40. The van der Waals surface area contributed by atoms with E-state index in [9.17, 15) is 9.90 Å². The van der Waals surface area contributed by atoms with Crippen LogP contribution in [0, 0.1) is 0 Å². The first kappa shape index (κ1) is 13.6. The van der Waals surface area contributed by atoms with Crippen LogP contribution < -0.4 is 4.74 Å². The molecule has 0 saturated carbocycles. The monoisotopic (exact) mass is 284 g/mol. The number of esters is 1. The van der Waals surface area contributed by atoms with Crippen LogP contribution >= 0.6 is 0 Å². The van der Waals surface area contributed by atoms with E-state index in [1.54, 1.807) is 18.2 Å². The summed E-state index contributed by atoms with van der Waals surface area (Å²) in [5.41, 5.74) is 2.47. The number of aliphatic hydroxyl groups excluding tert-OH is 1. The van der Waals surface area contributed by atoms with E-state index in [2.05, 4.69) is 0 Å². The highest BCUT2D eigenvalue weighted by molar-refractivity contribution is 5.89. The summed E-state index contributed by atoms with van der Waals surface area (Å²) in [7, 11) is 1.36. The molecule has 1 N–H and O–H groups in total. The Hall–Kier alpha value is -2.33. The first-order valence-electron chi connectivity index (χ1n) is 6.81. The molecule has 21 heavy (non-hydrogen) atoms. The quantitative estimate of drug-likeness (QED) is 0.861. The SMILES string of the molecule is COC(=O)c1ccc2c(c1)[C@H](c1ccccc1)C[C@@H](O)O2. The molecule has 0 radical (unpaired) electrons. The maximum absolute atomic E-state index is 11.7. The second kappa shape index (κ2) is 5.58. The minimum atomic E-state index is -0.841. The summed E-state index contributed by atoms with van der Waals surface area (Å²) in [5, 5.41) is 9.90. The van der Waals surface area contributed by atoms with E-state index in [1.165, 1.54) is 7.11 Å². The van der Waals surface area contributed by atoms with Gasteiger partial charge in [-0.1, -0.05) is 30.3 Å². The average Bonchev–Trinajstić information content (AvgIpc) is 2.53. The van der Waals surface area contributed by atoms with Gasteiger partial charge in [0.05, 0.1) is 12.7 Å². The van der Waals surface area contributed by atoms with Crippen molar-refractivity contribution in [2.75, 3.05) is 7.11 Å². The molecule has 0 spiro atoms. The molecule has 0 saturated heterocycles. The highest BCUT2D eigenvalue weighted by atomic mass is 16.6. The molecule has 2 atom stereocenters. The topological polar surface area (TPSA) is 55.8 Å². The predicted molar refractivity (Wildman–Crippen MR) is 77.3 cm³/mol. The summed E-state index contributed by atoms with van der Waals surface area (Å²) >= 11 is 0. The van der Waals surface area contributed by atoms with Crippen LogP contribution in [0.2, 0.25) is 0 Å². The maximum atomic E-state index is 11.7. The van der Waals surface area contributed by atoms with Crippen LogP contribution in [0.4, 0.5) is 0 Å². The molecule has 1 aliphatic rings. The van der Waals surface area contributed by atoms with Crippen molar-refractivity contribution >= 4 is 5.97 Å². The zero-order valence-corrected chi connectivity index (χ0v) is 11.7. The highest BCUT2D eigenvalue weighted by Gasteiger charge is 2.29. The van der Waals surface area contributed by atoms with Crippen molar-refractivity contribution < 1.29 is 19.4 Å². The van der Waals surface area contributed by atoms with Crippen molar-refractivity contribution in [1.82, 2.24) is 0 Å². The van der Waals surface area contributed by atoms with Crippen LogP contribution in [-0.2, 0) is 4.74 Å². The van der Waals surface area contributed by atoms with E-state index in [1.807, 2.05) is 30.3 Å². The fourth-order valence-corrected chi connectivity index (χ4v) is 2.70. The Kier molecular flexibility index (Phi) is 3.62. The summed E-state index contributed by atoms with van der Waals surface area (Å²) in [6.07, 6.45) is -0.381. The molecule has 1 heterocycles. The molecular weight excluding hydrogens is 268 g/mol. The van der Waals surface area contributed by atoms with E-state index in [4.69, 9.17) is 9.47 Å². The van der Waals surface area contributed by atoms with E-state index < -0.39 is 6.29 Å². The van der Waals surface area contributed by atoms with Gasteiger partial charge in [-0.2, -0.15) is 0 Å². The molecule has 2 aromatic rings. The van der Waals surface area contributed by atoms with Crippen molar-refractivity contribution in [2.45, 2.75) is 18.6 Å². The summed E-state index contributed by atoms with van der Waals surface area (Å²) in [6, 6.07) is 15.0. The molecule has 0 unspecified atom stereocenters. The van der Waals surface area contributed by atoms with Gasteiger partial charge in [0.15, 0.2) is 6.29 Å². The van der Waals surface area contributed by atoms with E-state index in [0.717, 1.165) is 11.1 Å². The van der Waals surface area contributed by atoms with Gasteiger partial charge in [0.25, 0.3) is 0 Å². The predicted octanol–water partition coefficient (Wildman–Crippen LogP) is 2.71. The molecule has 2 aromatic carbocycles. The van der Waals surface area contributed by atoms with Crippen molar-refractivity contribution in [1.29, 1.82) is 0 Å². The molecule has 108 valence electrons. The van der Waals surface area contributed by atoms with Gasteiger partial charge in [-0.25, -0.2) is 4.79 Å². The Labute approximate surface area is 122 Å². The number of aliphatic hydroxyl groups is 1. The molecule has 3 rings (SSSR count). The second-order valence-electron chi connectivity index (χ2n) is 5.02. The number of benzene rings is 2. The van der Waals surface area contributed by atoms with Crippen LogP contribution in [-0.4, -0.2) is 24.5 Å². The third-order valence-electron chi connectivity index (χ3n) is 3.71. The third-order valence-corrected chi connectivity index (χ3v) is 3.71. The smallest absolute Gasteiger partial charge is 0.337 e. The molecule has 4 heteroatoms. The lowest BCUT2D eigenvalue weighted by molar-refractivity contribution is -0.0359. The van der Waals surface area contributed by atoms with Gasteiger partial charge in [0, 0.05) is 17.9 Å². The van der Waals surface area contributed by atoms with Crippen molar-refractivity contribution in [3.8, 4) is 5.75 Å². The van der Waals surface area contributed by atoms with Crippen LogP contribution in [0.3, 0.4) is 0 Å². The Morgan fingerprint density at radius 2 is 2.00 bits per heavy atom. The molecule has 0 fully saturated rings. The average molecular weight is 284 g/mol. The normalized spacial score (nSPS) is 20.3. The first-order chi connectivity index (χ1) is 10.2. The lowest BCUT2D eigenvalue weighted by Crippen LogP contribution is -2.26. The number of methoxy groups -OCH3 is 1. The van der Waals surface area contributed by atoms with Gasteiger partial charge in [-0.05, 0) is 23.8 Å². The number of hydrogen-bond acceptors (Lipinski definition) is 4. The van der Waals surface area contributed by atoms with Gasteiger partial charge in [0.2, 0.25) is 0 Å². The van der Waals surface area contributed by atoms with Gasteiger partial charge in [0.1, 0.15) is 5.75 Å². The minimum Gasteiger partial charge on any atom is -0.465 e. The first-order valence-corrected chi connectivity index (χ1v) is 6.81. The third kappa shape index (κ3) is 2.62. The lowest BCUT2D eigenvalue weighted by atomic mass is 9.85. The fourth-order valence-electron chi connectivity index (χ4n) is 2.70. The largest absolute Gasteiger partial charge is 0.465 e. The summed E-state index contributed by atoms with van der Waals surface area (Å²) in [5.74, 6) is 0.223. The summed E-state index contributed by atoms with van der Waals surface area (Å²) < 4.78 is 10.2. The van der Waals surface area contributed by atoms with Crippen LogP contribution in [0.15, 0.2) is 48.5 Å². The number of carbonyl (C=O) groups is 1. The zero-order valence-electron chi connectivity index (χ0n) is 11.7. The standard InChI is InChI=1S/C17H16O4/c1-20-17(19)12-7-8-15-14(9-12)13(10-16(18)21-15)11-5-3-2-4-6-11/h2-9,13,16,18H,10H2,1H3/t13-,16-/m0/s1. The van der Waals surface area contributed by atoms with Crippen molar-refractivity contribution in [3.63, 3.8) is 0 Å². The molecule has 4 nitrogen and oxygen atoms in total. The number of fused-ring (bicyclic) bond motifs is 1. The van der Waals surface area contributed by atoms with E-state index in [0.29, 0.717) is 17.7 Å². The lowest BCUT2D eigenvalue weighted by Gasteiger charge is -2.30. The fraction of sp³-hybridized carbons (Fsp3) is 0.235. The van der Waals surface area contributed by atoms with Crippen LogP contribution in [0.25, 0.3) is 0 Å².